The number of carbonyl (C=O) groups is 4. The Bertz CT molecular complexity index is 1260. The number of carbonyl (C=O) groups excluding carboxylic acids is 1. The molecule has 2 aromatic heterocycles. The zero-order chi connectivity index (χ0) is 36.1. The molecule has 4 rings (SSSR count). The van der Waals surface area contributed by atoms with Crippen LogP contribution in [0.4, 0.5) is 39.5 Å². The van der Waals surface area contributed by atoms with Gasteiger partial charge in [-0.3, -0.25) is 19.7 Å². The number of likely N-dealkylation sites (tertiary alicyclic amines) is 1. The molecule has 0 aromatic carbocycles. The molecule has 2 aliphatic rings. The Morgan fingerprint density at radius 3 is 1.66 bits per heavy atom. The SMILES string of the molecule is O=C(NCc1ccccn1)[C@@]12CCO[C@@H]1CCN(Cc1ccccn1)C2.O=C(O)C(F)(F)F.O=C(O)C(F)(F)F.O=C(O)C(F)(F)F. The summed E-state index contributed by atoms with van der Waals surface area (Å²) >= 11 is 0. The van der Waals surface area contributed by atoms with Crippen molar-refractivity contribution in [1.82, 2.24) is 20.2 Å². The molecule has 2 aliphatic heterocycles. The van der Waals surface area contributed by atoms with Gasteiger partial charge in [0.25, 0.3) is 0 Å². The van der Waals surface area contributed by atoms with E-state index in [2.05, 4.69) is 20.2 Å². The molecular weight excluding hydrogens is 667 g/mol. The van der Waals surface area contributed by atoms with Crippen LogP contribution in [0.5, 0.6) is 0 Å². The maximum atomic E-state index is 13.1. The summed E-state index contributed by atoms with van der Waals surface area (Å²) in [4.78, 5) is 50.8. The molecule has 262 valence electrons. The van der Waals surface area contributed by atoms with Crippen LogP contribution in [0.2, 0.25) is 0 Å². The Kier molecular flexibility index (Phi) is 15.0. The molecule has 0 spiro atoms. The third kappa shape index (κ3) is 14.2. The molecular formula is C26H27F9N4O8. The van der Waals surface area contributed by atoms with E-state index in [0.29, 0.717) is 19.7 Å². The number of amides is 1. The highest BCUT2D eigenvalue weighted by atomic mass is 19.4. The van der Waals surface area contributed by atoms with Gasteiger partial charge in [0.05, 0.1) is 29.5 Å². The number of carboxylic acid groups (broad SMARTS) is 3. The molecule has 2 aromatic rings. The molecule has 4 N–H and O–H groups in total. The Morgan fingerprint density at radius 2 is 1.26 bits per heavy atom. The number of aromatic nitrogens is 2. The average molecular weight is 695 g/mol. The molecule has 4 heterocycles. The lowest BCUT2D eigenvalue weighted by Crippen LogP contribution is -2.56. The van der Waals surface area contributed by atoms with Crippen molar-refractivity contribution in [1.29, 1.82) is 0 Å². The van der Waals surface area contributed by atoms with Crippen LogP contribution in [0.15, 0.2) is 48.8 Å². The largest absolute Gasteiger partial charge is 0.490 e. The van der Waals surface area contributed by atoms with E-state index in [1.165, 1.54) is 0 Å². The summed E-state index contributed by atoms with van der Waals surface area (Å²) in [6.07, 6.45) is -10.0. The van der Waals surface area contributed by atoms with Crippen LogP contribution in [0.1, 0.15) is 24.2 Å². The van der Waals surface area contributed by atoms with Crippen molar-refractivity contribution >= 4 is 23.8 Å². The van der Waals surface area contributed by atoms with Crippen LogP contribution in [0.3, 0.4) is 0 Å². The quantitative estimate of drug-likeness (QED) is 0.336. The van der Waals surface area contributed by atoms with Crippen molar-refractivity contribution in [2.75, 3.05) is 19.7 Å². The molecule has 2 fully saturated rings. The second-order valence-corrected chi connectivity index (χ2v) is 9.50. The minimum Gasteiger partial charge on any atom is -0.475 e. The topological polar surface area (TPSA) is 179 Å². The summed E-state index contributed by atoms with van der Waals surface area (Å²) in [5.41, 5.74) is 1.43. The zero-order valence-electron chi connectivity index (χ0n) is 23.8. The molecule has 2 saturated heterocycles. The fourth-order valence-corrected chi connectivity index (χ4v) is 4.06. The molecule has 12 nitrogen and oxygen atoms in total. The van der Waals surface area contributed by atoms with Gasteiger partial charge < -0.3 is 25.4 Å². The van der Waals surface area contributed by atoms with E-state index >= 15 is 0 Å². The van der Waals surface area contributed by atoms with Gasteiger partial charge in [-0.2, -0.15) is 39.5 Å². The second-order valence-electron chi connectivity index (χ2n) is 9.50. The minimum atomic E-state index is -5.08. The highest BCUT2D eigenvalue weighted by Gasteiger charge is 2.53. The normalized spacial score (nSPS) is 19.2. The van der Waals surface area contributed by atoms with Gasteiger partial charge in [0.15, 0.2) is 0 Å². The van der Waals surface area contributed by atoms with Gasteiger partial charge >= 0.3 is 36.4 Å². The Labute approximate surface area is 259 Å². The number of rotatable bonds is 5. The van der Waals surface area contributed by atoms with Gasteiger partial charge in [0, 0.05) is 38.6 Å². The molecule has 0 bridgehead atoms. The number of ether oxygens (including phenoxy) is 1. The summed E-state index contributed by atoms with van der Waals surface area (Å²) in [7, 11) is 0. The first kappa shape index (κ1) is 40.5. The summed E-state index contributed by atoms with van der Waals surface area (Å²) in [5, 5.41) is 24.5. The fourth-order valence-electron chi connectivity index (χ4n) is 4.06. The lowest BCUT2D eigenvalue weighted by atomic mass is 9.75. The molecule has 1 amide bonds. The van der Waals surface area contributed by atoms with E-state index in [1.807, 2.05) is 42.6 Å². The first-order valence-electron chi connectivity index (χ1n) is 12.9. The van der Waals surface area contributed by atoms with Crippen LogP contribution in [0.25, 0.3) is 0 Å². The molecule has 0 saturated carbocycles. The van der Waals surface area contributed by atoms with E-state index in [9.17, 15) is 44.3 Å². The van der Waals surface area contributed by atoms with E-state index in [0.717, 1.165) is 37.3 Å². The lowest BCUT2D eigenvalue weighted by Gasteiger charge is -2.42. The van der Waals surface area contributed by atoms with Crippen molar-refractivity contribution in [3.05, 3.63) is 60.2 Å². The fraction of sp³-hybridized carbons (Fsp3) is 0.462. The highest BCUT2D eigenvalue weighted by molar-refractivity contribution is 5.84. The molecule has 0 radical (unpaired) electrons. The minimum absolute atomic E-state index is 0.00575. The smallest absolute Gasteiger partial charge is 0.475 e. The van der Waals surface area contributed by atoms with Gasteiger partial charge in [-0.1, -0.05) is 12.1 Å². The Balaban J connectivity index is 0.000000430. The third-order valence-corrected chi connectivity index (χ3v) is 6.14. The maximum absolute atomic E-state index is 13.1. The average Bonchev–Trinajstić information content (AvgIpc) is 3.41. The summed E-state index contributed by atoms with van der Waals surface area (Å²) < 4.78 is 101. The number of piperidine rings is 1. The number of pyridine rings is 2. The second kappa shape index (κ2) is 17.4. The predicted molar refractivity (Wildman–Crippen MR) is 138 cm³/mol. The van der Waals surface area contributed by atoms with Gasteiger partial charge in [-0.15, -0.1) is 0 Å². The van der Waals surface area contributed by atoms with Gasteiger partial charge in [-0.05, 0) is 37.1 Å². The Morgan fingerprint density at radius 1 is 0.809 bits per heavy atom. The van der Waals surface area contributed by atoms with Crippen LogP contribution in [-0.2, 0) is 37.0 Å². The molecule has 2 atom stereocenters. The number of alkyl halides is 9. The lowest BCUT2D eigenvalue weighted by molar-refractivity contribution is -0.193. The van der Waals surface area contributed by atoms with E-state index in [1.54, 1.807) is 6.20 Å². The van der Waals surface area contributed by atoms with Crippen molar-refractivity contribution in [2.45, 2.75) is 50.6 Å². The van der Waals surface area contributed by atoms with E-state index < -0.39 is 41.9 Å². The molecule has 21 heteroatoms. The number of hydrogen-bond acceptors (Lipinski definition) is 8. The number of aliphatic carboxylic acids is 3. The summed E-state index contributed by atoms with van der Waals surface area (Å²) in [6, 6.07) is 11.7. The maximum Gasteiger partial charge on any atom is 0.490 e. The van der Waals surface area contributed by atoms with Crippen LogP contribution in [-0.4, -0.2) is 98.3 Å². The van der Waals surface area contributed by atoms with E-state index in [-0.39, 0.29) is 12.0 Å². The van der Waals surface area contributed by atoms with Crippen molar-refractivity contribution in [2.24, 2.45) is 5.41 Å². The molecule has 0 aliphatic carbocycles. The molecule has 47 heavy (non-hydrogen) atoms. The number of nitrogens with zero attached hydrogens (tertiary/aromatic N) is 3. The van der Waals surface area contributed by atoms with Crippen LogP contribution >= 0.6 is 0 Å². The van der Waals surface area contributed by atoms with Crippen molar-refractivity contribution in [3.63, 3.8) is 0 Å². The van der Waals surface area contributed by atoms with E-state index in [4.69, 9.17) is 34.4 Å². The van der Waals surface area contributed by atoms with Gasteiger partial charge in [0.2, 0.25) is 5.91 Å². The summed E-state index contributed by atoms with van der Waals surface area (Å²) in [5.74, 6) is -8.19. The van der Waals surface area contributed by atoms with Crippen LogP contribution in [0, 0.1) is 5.41 Å². The first-order chi connectivity index (χ1) is 21.6. The molecule has 0 unspecified atom stereocenters. The van der Waals surface area contributed by atoms with Gasteiger partial charge in [-0.25, -0.2) is 14.4 Å². The first-order valence-corrected chi connectivity index (χ1v) is 12.9. The number of hydrogen-bond donors (Lipinski definition) is 4. The number of halogens is 9. The van der Waals surface area contributed by atoms with Crippen molar-refractivity contribution in [3.8, 4) is 0 Å². The third-order valence-electron chi connectivity index (χ3n) is 6.14. The van der Waals surface area contributed by atoms with Crippen LogP contribution < -0.4 is 5.32 Å². The monoisotopic (exact) mass is 694 g/mol. The number of fused-ring (bicyclic) bond motifs is 1. The van der Waals surface area contributed by atoms with Gasteiger partial charge in [0.1, 0.15) is 0 Å². The summed E-state index contributed by atoms with van der Waals surface area (Å²) in [6.45, 7) is 3.51. The Hall–Kier alpha value is -4.53. The predicted octanol–water partition coefficient (Wildman–Crippen LogP) is 3.67. The standard InChI is InChI=1S/C20H24N4O2.3C2HF3O2/c25-19(23-13-16-5-1-3-9-21-16)20-8-12-26-18(20)7-11-24(15-20)14-17-6-2-4-10-22-17;3*3-2(4,5)1(6)7/h1-6,9-10,18H,7-8,11-15H2,(H,23,25);3*(H,6,7)/t18-,20-;;;/m1.../s1. The number of nitrogens with one attached hydrogen (secondary N) is 1. The highest BCUT2D eigenvalue weighted by Crippen LogP contribution is 2.41. The number of carboxylic acids is 3. The van der Waals surface area contributed by atoms with Crippen molar-refractivity contribution < 1.29 is 78.7 Å². The zero-order valence-corrected chi connectivity index (χ0v) is 23.8.